The van der Waals surface area contributed by atoms with Crippen molar-refractivity contribution in [2.24, 2.45) is 0 Å². The predicted molar refractivity (Wildman–Crippen MR) is 82.6 cm³/mol. The molecule has 0 radical (unpaired) electrons. The molecule has 2 N–H and O–H groups in total. The van der Waals surface area contributed by atoms with Crippen molar-refractivity contribution in [2.45, 2.75) is 24.8 Å². The molecule has 0 unspecified atom stereocenters. The fourth-order valence-corrected chi connectivity index (χ4v) is 2.81. The van der Waals surface area contributed by atoms with Crippen LogP contribution in [0.25, 0.3) is 0 Å². The van der Waals surface area contributed by atoms with Gasteiger partial charge in [-0.1, -0.05) is 0 Å². The van der Waals surface area contributed by atoms with Gasteiger partial charge in [0.15, 0.2) is 0 Å². The SMILES string of the molecule is CNC(=O)[C@@H](C)N(C)C(=O)CNS(=O)(=O)c1ccc(F)c(C)c1. The van der Waals surface area contributed by atoms with Crippen LogP contribution >= 0.6 is 0 Å². The average molecular weight is 345 g/mol. The molecule has 0 fully saturated rings. The Morgan fingerprint density at radius 1 is 1.35 bits per heavy atom. The van der Waals surface area contributed by atoms with Crippen molar-refractivity contribution >= 4 is 21.8 Å². The number of aryl methyl sites for hydroxylation is 1. The first-order valence-corrected chi connectivity index (χ1v) is 8.31. The second kappa shape index (κ2) is 7.51. The number of sulfonamides is 1. The zero-order valence-corrected chi connectivity index (χ0v) is 14.2. The molecule has 0 aliphatic rings. The van der Waals surface area contributed by atoms with Crippen LogP contribution in [0.2, 0.25) is 0 Å². The van der Waals surface area contributed by atoms with Crippen molar-refractivity contribution in [2.75, 3.05) is 20.6 Å². The number of halogens is 1. The molecule has 0 bridgehead atoms. The van der Waals surface area contributed by atoms with Gasteiger partial charge in [-0.25, -0.2) is 17.5 Å². The summed E-state index contributed by atoms with van der Waals surface area (Å²) in [7, 11) is -1.10. The van der Waals surface area contributed by atoms with E-state index in [1.807, 2.05) is 0 Å². The third-order valence-corrected chi connectivity index (χ3v) is 4.85. The van der Waals surface area contributed by atoms with Crippen LogP contribution in [0.4, 0.5) is 4.39 Å². The average Bonchev–Trinajstić information content (AvgIpc) is 2.52. The first-order valence-electron chi connectivity index (χ1n) is 6.83. The molecule has 0 saturated carbocycles. The van der Waals surface area contributed by atoms with Crippen molar-refractivity contribution in [1.82, 2.24) is 14.9 Å². The Labute approximate surface area is 134 Å². The Morgan fingerprint density at radius 3 is 2.48 bits per heavy atom. The molecule has 0 aromatic heterocycles. The van der Waals surface area contributed by atoms with Crippen LogP contribution in [0, 0.1) is 12.7 Å². The molecule has 1 atom stereocenters. The number of likely N-dealkylation sites (N-methyl/N-ethyl adjacent to an activating group) is 2. The van der Waals surface area contributed by atoms with E-state index >= 15 is 0 Å². The number of nitrogens with one attached hydrogen (secondary N) is 2. The van der Waals surface area contributed by atoms with E-state index < -0.39 is 34.3 Å². The van der Waals surface area contributed by atoms with Gasteiger partial charge in [0.2, 0.25) is 21.8 Å². The van der Waals surface area contributed by atoms with Gasteiger partial charge in [0.1, 0.15) is 11.9 Å². The maximum absolute atomic E-state index is 13.2. The molecule has 128 valence electrons. The number of hydrogen-bond acceptors (Lipinski definition) is 4. The fraction of sp³-hybridized carbons (Fsp3) is 0.429. The highest BCUT2D eigenvalue weighted by Gasteiger charge is 2.23. The molecule has 23 heavy (non-hydrogen) atoms. The van der Waals surface area contributed by atoms with Crippen LogP contribution in [0.5, 0.6) is 0 Å². The first kappa shape index (κ1) is 19.0. The minimum absolute atomic E-state index is 0.133. The van der Waals surface area contributed by atoms with E-state index in [0.717, 1.165) is 17.0 Å². The van der Waals surface area contributed by atoms with Crippen LogP contribution in [0.3, 0.4) is 0 Å². The summed E-state index contributed by atoms with van der Waals surface area (Å²) in [6.45, 7) is 2.46. The normalized spacial score (nSPS) is 12.6. The van der Waals surface area contributed by atoms with E-state index in [-0.39, 0.29) is 16.4 Å². The maximum Gasteiger partial charge on any atom is 0.242 e. The molecule has 0 heterocycles. The molecular weight excluding hydrogens is 325 g/mol. The standard InChI is InChI=1S/C14H20FN3O4S/c1-9-7-11(5-6-12(9)15)23(21,22)17-8-13(19)18(4)10(2)14(20)16-3/h5-7,10,17H,8H2,1-4H3,(H,16,20)/t10-/m1/s1. The number of carbonyl (C=O) groups is 2. The number of nitrogens with zero attached hydrogens (tertiary/aromatic N) is 1. The molecule has 0 aliphatic heterocycles. The molecule has 1 rings (SSSR count). The van der Waals surface area contributed by atoms with Crippen LogP contribution < -0.4 is 10.0 Å². The molecule has 7 nitrogen and oxygen atoms in total. The summed E-state index contributed by atoms with van der Waals surface area (Å²) in [5.41, 5.74) is 0.185. The Bertz CT molecular complexity index is 706. The van der Waals surface area contributed by atoms with Gasteiger partial charge in [0.05, 0.1) is 11.4 Å². The molecular formula is C14H20FN3O4S. The van der Waals surface area contributed by atoms with Gasteiger partial charge in [0, 0.05) is 14.1 Å². The number of amides is 2. The lowest BCUT2D eigenvalue weighted by Gasteiger charge is -2.23. The lowest BCUT2D eigenvalue weighted by molar-refractivity contribution is -0.137. The number of benzene rings is 1. The van der Waals surface area contributed by atoms with Gasteiger partial charge >= 0.3 is 0 Å². The van der Waals surface area contributed by atoms with Crippen LogP contribution in [0.15, 0.2) is 23.1 Å². The van der Waals surface area contributed by atoms with Crippen molar-refractivity contribution in [3.8, 4) is 0 Å². The Balaban J connectivity index is 2.77. The van der Waals surface area contributed by atoms with Crippen LogP contribution in [-0.4, -0.2) is 51.8 Å². The van der Waals surface area contributed by atoms with Crippen LogP contribution in [-0.2, 0) is 19.6 Å². The highest BCUT2D eigenvalue weighted by atomic mass is 32.2. The number of hydrogen-bond donors (Lipinski definition) is 2. The Morgan fingerprint density at radius 2 is 1.96 bits per heavy atom. The number of rotatable bonds is 6. The van der Waals surface area contributed by atoms with E-state index in [2.05, 4.69) is 10.0 Å². The highest BCUT2D eigenvalue weighted by molar-refractivity contribution is 7.89. The summed E-state index contributed by atoms with van der Waals surface area (Å²) in [6, 6.07) is 2.61. The van der Waals surface area contributed by atoms with E-state index in [1.165, 1.54) is 34.0 Å². The molecule has 0 spiro atoms. The summed E-state index contributed by atoms with van der Waals surface area (Å²) >= 11 is 0. The third-order valence-electron chi connectivity index (χ3n) is 3.45. The minimum Gasteiger partial charge on any atom is -0.357 e. The summed E-state index contributed by atoms with van der Waals surface area (Å²) in [5.74, 6) is -1.44. The van der Waals surface area contributed by atoms with Gasteiger partial charge in [-0.3, -0.25) is 9.59 Å². The molecule has 1 aromatic carbocycles. The second-order valence-electron chi connectivity index (χ2n) is 5.03. The zero-order chi connectivity index (χ0) is 17.8. The third kappa shape index (κ3) is 4.73. The van der Waals surface area contributed by atoms with Gasteiger partial charge in [-0.2, -0.15) is 0 Å². The van der Waals surface area contributed by atoms with E-state index in [0.29, 0.717) is 0 Å². The highest BCUT2D eigenvalue weighted by Crippen LogP contribution is 2.14. The molecule has 2 amide bonds. The van der Waals surface area contributed by atoms with Crippen molar-refractivity contribution in [3.05, 3.63) is 29.6 Å². The Kier molecular flexibility index (Phi) is 6.22. The molecule has 0 saturated heterocycles. The van der Waals surface area contributed by atoms with Gasteiger partial charge in [0.25, 0.3) is 0 Å². The van der Waals surface area contributed by atoms with Gasteiger partial charge < -0.3 is 10.2 Å². The molecule has 0 aliphatic carbocycles. The summed E-state index contributed by atoms with van der Waals surface area (Å²) in [6.07, 6.45) is 0. The smallest absolute Gasteiger partial charge is 0.242 e. The van der Waals surface area contributed by atoms with Gasteiger partial charge in [-0.05, 0) is 37.6 Å². The fourth-order valence-electron chi connectivity index (χ4n) is 1.75. The second-order valence-corrected chi connectivity index (χ2v) is 6.80. The minimum atomic E-state index is -3.94. The van der Waals surface area contributed by atoms with Crippen molar-refractivity contribution in [3.63, 3.8) is 0 Å². The van der Waals surface area contributed by atoms with E-state index in [1.54, 1.807) is 0 Å². The van der Waals surface area contributed by atoms with Crippen molar-refractivity contribution in [1.29, 1.82) is 0 Å². The first-order chi connectivity index (χ1) is 10.6. The predicted octanol–water partition coefficient (Wildman–Crippen LogP) is 0.00532. The largest absolute Gasteiger partial charge is 0.357 e. The lowest BCUT2D eigenvalue weighted by atomic mass is 10.2. The lowest BCUT2D eigenvalue weighted by Crippen LogP contribution is -2.48. The summed E-state index contributed by atoms with van der Waals surface area (Å²) in [5, 5.41) is 2.40. The van der Waals surface area contributed by atoms with Crippen LogP contribution in [0.1, 0.15) is 12.5 Å². The summed E-state index contributed by atoms with van der Waals surface area (Å²) in [4.78, 5) is 24.4. The quantitative estimate of drug-likeness (QED) is 0.759. The van der Waals surface area contributed by atoms with E-state index in [9.17, 15) is 22.4 Å². The maximum atomic E-state index is 13.2. The Hall–Kier alpha value is -2.00. The van der Waals surface area contributed by atoms with E-state index in [4.69, 9.17) is 0 Å². The molecule has 1 aromatic rings. The summed E-state index contributed by atoms with van der Waals surface area (Å²) < 4.78 is 39.5. The van der Waals surface area contributed by atoms with Gasteiger partial charge in [-0.15, -0.1) is 0 Å². The zero-order valence-electron chi connectivity index (χ0n) is 13.4. The molecule has 9 heteroatoms. The van der Waals surface area contributed by atoms with Crippen molar-refractivity contribution < 1.29 is 22.4 Å². The number of carbonyl (C=O) groups excluding carboxylic acids is 2. The monoisotopic (exact) mass is 345 g/mol. The topological polar surface area (TPSA) is 95.6 Å².